The van der Waals surface area contributed by atoms with Gasteiger partial charge < -0.3 is 20.8 Å². The Morgan fingerprint density at radius 1 is 1.22 bits per heavy atom. The second kappa shape index (κ2) is 5.85. The van der Waals surface area contributed by atoms with Gasteiger partial charge in [0.15, 0.2) is 0 Å². The van der Waals surface area contributed by atoms with Crippen LogP contribution >= 0.6 is 11.6 Å². The van der Waals surface area contributed by atoms with E-state index in [0.717, 1.165) is 0 Å². The lowest BCUT2D eigenvalue weighted by Crippen LogP contribution is -2.16. The molecule has 4 N–H and O–H groups in total. The summed E-state index contributed by atoms with van der Waals surface area (Å²) in [5.74, 6) is 0. The van der Waals surface area contributed by atoms with Gasteiger partial charge in [-0.05, 0) is 19.9 Å². The maximum Gasteiger partial charge on any atom is 0.294 e. The molecule has 100 valence electrons. The average molecular weight is 276 g/mol. The van der Waals surface area contributed by atoms with Crippen molar-refractivity contribution in [3.05, 3.63) is 27.3 Å². The predicted octanol–water partition coefficient (Wildman–Crippen LogP) is 1.75. The molecule has 0 saturated heterocycles. The number of benzene rings is 1. The van der Waals surface area contributed by atoms with Crippen LogP contribution in [0.5, 0.6) is 0 Å². The van der Waals surface area contributed by atoms with Crippen molar-refractivity contribution in [2.45, 2.75) is 26.3 Å². The fourth-order valence-electron chi connectivity index (χ4n) is 1.39. The van der Waals surface area contributed by atoms with Crippen molar-refractivity contribution in [2.75, 3.05) is 10.6 Å². The normalized spacial score (nSPS) is 13.8. The fourth-order valence-corrected chi connectivity index (χ4v) is 1.61. The molecule has 0 bridgehead atoms. The van der Waals surface area contributed by atoms with Crippen LogP contribution in [0.3, 0.4) is 0 Å². The maximum atomic E-state index is 10.9. The van der Waals surface area contributed by atoms with Gasteiger partial charge in [-0.25, -0.2) is 0 Å². The Labute approximate surface area is 109 Å². The first kappa shape index (κ1) is 14.5. The molecular weight excluding hydrogens is 262 g/mol. The van der Waals surface area contributed by atoms with Gasteiger partial charge in [-0.2, -0.15) is 0 Å². The van der Waals surface area contributed by atoms with E-state index >= 15 is 0 Å². The summed E-state index contributed by atoms with van der Waals surface area (Å²) in [6.07, 6.45) is -1.84. The number of hydrogen-bond donors (Lipinski definition) is 4. The lowest BCUT2D eigenvalue weighted by atomic mass is 10.2. The van der Waals surface area contributed by atoms with E-state index < -0.39 is 17.4 Å². The molecule has 1 aromatic rings. The predicted molar refractivity (Wildman–Crippen MR) is 68.7 cm³/mol. The van der Waals surface area contributed by atoms with Crippen LogP contribution in [0.2, 0.25) is 5.02 Å². The molecule has 0 saturated carbocycles. The molecule has 0 aliphatic rings. The molecule has 1 aromatic carbocycles. The summed E-state index contributed by atoms with van der Waals surface area (Å²) in [6.45, 7) is 2.89. The highest BCUT2D eigenvalue weighted by atomic mass is 35.5. The zero-order valence-corrected chi connectivity index (χ0v) is 10.6. The molecule has 2 atom stereocenters. The van der Waals surface area contributed by atoms with Crippen LogP contribution in [0, 0.1) is 10.1 Å². The lowest BCUT2D eigenvalue weighted by Gasteiger charge is -2.14. The number of nitrogens with zero attached hydrogens (tertiary/aromatic N) is 1. The molecule has 8 heteroatoms. The molecule has 0 radical (unpaired) electrons. The first-order valence-corrected chi connectivity index (χ1v) is 5.56. The largest absolute Gasteiger partial charge is 0.374 e. The van der Waals surface area contributed by atoms with Gasteiger partial charge in [0.25, 0.3) is 5.69 Å². The number of nitrogens with one attached hydrogen (secondary N) is 2. The summed E-state index contributed by atoms with van der Waals surface area (Å²) in [4.78, 5) is 10.3. The molecule has 0 aliphatic heterocycles. The number of nitro groups is 1. The molecule has 0 aliphatic carbocycles. The van der Waals surface area contributed by atoms with Crippen molar-refractivity contribution in [1.82, 2.24) is 0 Å². The van der Waals surface area contributed by atoms with E-state index in [2.05, 4.69) is 10.6 Å². The molecule has 18 heavy (non-hydrogen) atoms. The smallest absolute Gasteiger partial charge is 0.294 e. The van der Waals surface area contributed by atoms with Gasteiger partial charge in [-0.15, -0.1) is 0 Å². The Hall–Kier alpha value is -1.57. The maximum absolute atomic E-state index is 10.9. The van der Waals surface area contributed by atoms with Crippen LogP contribution in [0.1, 0.15) is 13.8 Å². The molecule has 0 heterocycles. The van der Waals surface area contributed by atoms with Gasteiger partial charge in [-0.1, -0.05) is 11.6 Å². The van der Waals surface area contributed by atoms with Gasteiger partial charge in [0, 0.05) is 6.07 Å². The second-order valence-corrected chi connectivity index (χ2v) is 4.15. The summed E-state index contributed by atoms with van der Waals surface area (Å²) in [7, 11) is 0. The number of hydrogen-bond acceptors (Lipinski definition) is 6. The Morgan fingerprint density at radius 2 is 1.72 bits per heavy atom. The van der Waals surface area contributed by atoms with E-state index in [4.69, 9.17) is 11.6 Å². The van der Waals surface area contributed by atoms with Crippen molar-refractivity contribution in [3.63, 3.8) is 0 Å². The molecule has 0 spiro atoms. The third kappa shape index (κ3) is 3.73. The van der Waals surface area contributed by atoms with Crippen molar-refractivity contribution in [3.8, 4) is 0 Å². The Bertz CT molecular complexity index is 451. The van der Waals surface area contributed by atoms with Crippen LogP contribution in [-0.2, 0) is 0 Å². The molecule has 2 unspecified atom stereocenters. The third-order valence-corrected chi connectivity index (χ3v) is 2.32. The van der Waals surface area contributed by atoms with E-state index in [0.29, 0.717) is 0 Å². The van der Waals surface area contributed by atoms with Gasteiger partial charge >= 0.3 is 0 Å². The first-order valence-electron chi connectivity index (χ1n) is 5.18. The number of halogens is 1. The quantitative estimate of drug-likeness (QED) is 0.370. The number of aliphatic hydroxyl groups excluding tert-OH is 2. The summed E-state index contributed by atoms with van der Waals surface area (Å²) in [5.41, 5.74) is 0.106. The highest BCUT2D eigenvalue weighted by Gasteiger charge is 2.19. The van der Waals surface area contributed by atoms with Crippen molar-refractivity contribution < 1.29 is 15.1 Å². The summed E-state index contributed by atoms with van der Waals surface area (Å²) >= 11 is 5.92. The lowest BCUT2D eigenvalue weighted by molar-refractivity contribution is -0.383. The van der Waals surface area contributed by atoms with E-state index in [1.165, 1.54) is 26.0 Å². The van der Waals surface area contributed by atoms with Crippen LogP contribution < -0.4 is 10.6 Å². The zero-order chi connectivity index (χ0) is 13.9. The third-order valence-electron chi connectivity index (χ3n) is 2.01. The zero-order valence-electron chi connectivity index (χ0n) is 9.85. The number of aliphatic hydroxyl groups is 2. The van der Waals surface area contributed by atoms with Crippen LogP contribution in [0.15, 0.2) is 12.1 Å². The standard InChI is InChI=1S/C10H14ClN3O4/c1-5(15)12-8-4-10(14(17)18)9(3-7(8)11)13-6(2)16/h3-6,12-13,15-16H,1-2H3. The number of nitro benzene ring substituents is 1. The SMILES string of the molecule is CC(O)Nc1cc([N+](=O)[O-])c(NC(C)O)cc1Cl. The minimum Gasteiger partial charge on any atom is -0.374 e. The highest BCUT2D eigenvalue weighted by molar-refractivity contribution is 6.33. The van der Waals surface area contributed by atoms with E-state index in [9.17, 15) is 20.3 Å². The fraction of sp³-hybridized carbons (Fsp3) is 0.400. The minimum absolute atomic E-state index is 0.108. The van der Waals surface area contributed by atoms with E-state index in [1.54, 1.807) is 0 Å². The highest BCUT2D eigenvalue weighted by Crippen LogP contribution is 2.34. The minimum atomic E-state index is -0.949. The number of anilines is 2. The summed E-state index contributed by atoms with van der Waals surface area (Å²) in [6, 6.07) is 2.51. The van der Waals surface area contributed by atoms with Gasteiger partial charge in [0.05, 0.1) is 15.6 Å². The van der Waals surface area contributed by atoms with Crippen LogP contribution in [0.25, 0.3) is 0 Å². The molecule has 0 amide bonds. The second-order valence-electron chi connectivity index (χ2n) is 3.75. The molecule has 1 rings (SSSR count). The molecule has 0 fully saturated rings. The van der Waals surface area contributed by atoms with Gasteiger partial charge in [0.2, 0.25) is 0 Å². The topological polar surface area (TPSA) is 108 Å². The van der Waals surface area contributed by atoms with Crippen molar-refractivity contribution in [2.24, 2.45) is 0 Å². The van der Waals surface area contributed by atoms with Gasteiger partial charge in [0.1, 0.15) is 18.1 Å². The number of rotatable bonds is 5. The summed E-state index contributed by atoms with van der Waals surface area (Å²) in [5, 5.41) is 34.6. The Kier molecular flexibility index (Phi) is 4.71. The van der Waals surface area contributed by atoms with E-state index in [-0.39, 0.29) is 22.1 Å². The molecular formula is C10H14ClN3O4. The van der Waals surface area contributed by atoms with Gasteiger partial charge in [-0.3, -0.25) is 10.1 Å². The van der Waals surface area contributed by atoms with E-state index in [1.807, 2.05) is 0 Å². The molecule has 7 nitrogen and oxygen atoms in total. The van der Waals surface area contributed by atoms with Crippen molar-refractivity contribution >= 4 is 28.7 Å². The monoisotopic (exact) mass is 275 g/mol. The Balaban J connectivity index is 3.20. The first-order chi connectivity index (χ1) is 8.31. The van der Waals surface area contributed by atoms with Crippen molar-refractivity contribution in [1.29, 1.82) is 0 Å². The van der Waals surface area contributed by atoms with Crippen LogP contribution in [0.4, 0.5) is 17.1 Å². The van der Waals surface area contributed by atoms with Crippen LogP contribution in [-0.4, -0.2) is 27.6 Å². The summed E-state index contributed by atoms with van der Waals surface area (Å²) < 4.78 is 0. The molecule has 0 aromatic heterocycles. The Morgan fingerprint density at radius 3 is 2.17 bits per heavy atom. The average Bonchev–Trinajstić information content (AvgIpc) is 2.19.